The molecular weight excluding hydrogens is 226 g/mol. The van der Waals surface area contributed by atoms with E-state index >= 15 is 0 Å². The molecule has 0 spiro atoms. The highest BCUT2D eigenvalue weighted by atomic mass is 19.3. The zero-order chi connectivity index (χ0) is 12.7. The van der Waals surface area contributed by atoms with Crippen LogP contribution in [0.5, 0.6) is 0 Å². The molecule has 0 aromatic heterocycles. The van der Waals surface area contributed by atoms with E-state index in [1.54, 1.807) is 18.2 Å². The van der Waals surface area contributed by atoms with E-state index < -0.39 is 12.5 Å². The van der Waals surface area contributed by atoms with Crippen LogP contribution >= 0.6 is 0 Å². The minimum Gasteiger partial charge on any atom is -0.359 e. The summed E-state index contributed by atoms with van der Waals surface area (Å²) in [6.07, 6.45) is 0.196. The van der Waals surface area contributed by atoms with Crippen LogP contribution in [0.25, 0.3) is 0 Å². The highest BCUT2D eigenvalue weighted by molar-refractivity contribution is 5.75. The lowest BCUT2D eigenvalue weighted by Gasteiger charge is -2.17. The summed E-state index contributed by atoms with van der Waals surface area (Å²) < 4.78 is 27.2. The van der Waals surface area contributed by atoms with Crippen molar-refractivity contribution in [1.29, 1.82) is 0 Å². The van der Waals surface area contributed by atoms with Gasteiger partial charge in [0.05, 0.1) is 6.54 Å². The fraction of sp³-hybridized carbons (Fsp3) is 0.417. The molecule has 0 radical (unpaired) electrons. The standard InChI is InChI=1S/C12H16F2N2O/c1-15-11(17)7-8-16-9-12(13,14)10-5-3-2-4-6-10/h2-6,16H,7-9H2,1H3,(H,15,17). The van der Waals surface area contributed by atoms with E-state index in [-0.39, 0.29) is 24.4 Å². The minimum absolute atomic E-state index is 0.0209. The Morgan fingerprint density at radius 2 is 1.94 bits per heavy atom. The first-order valence-electron chi connectivity index (χ1n) is 5.41. The number of alkyl halides is 2. The Balaban J connectivity index is 2.38. The van der Waals surface area contributed by atoms with Crippen molar-refractivity contribution in [3.8, 4) is 0 Å². The van der Waals surface area contributed by atoms with Gasteiger partial charge >= 0.3 is 0 Å². The second-order valence-electron chi connectivity index (χ2n) is 3.67. The second-order valence-corrected chi connectivity index (χ2v) is 3.67. The van der Waals surface area contributed by atoms with Gasteiger partial charge in [-0.1, -0.05) is 30.3 Å². The average Bonchev–Trinajstić information content (AvgIpc) is 2.35. The van der Waals surface area contributed by atoms with Crippen molar-refractivity contribution in [2.24, 2.45) is 0 Å². The highest BCUT2D eigenvalue weighted by Gasteiger charge is 2.30. The summed E-state index contributed by atoms with van der Waals surface area (Å²) in [6, 6.07) is 7.63. The van der Waals surface area contributed by atoms with E-state index in [0.29, 0.717) is 0 Å². The topological polar surface area (TPSA) is 41.1 Å². The smallest absolute Gasteiger partial charge is 0.285 e. The molecule has 0 saturated heterocycles. The van der Waals surface area contributed by atoms with Crippen LogP contribution in [0.3, 0.4) is 0 Å². The number of carbonyl (C=O) groups excluding carboxylic acids is 1. The molecule has 0 aliphatic rings. The van der Waals surface area contributed by atoms with Crippen LogP contribution in [0.2, 0.25) is 0 Å². The molecule has 0 heterocycles. The maximum Gasteiger partial charge on any atom is 0.285 e. The Kier molecular flexibility index (Phi) is 5.03. The summed E-state index contributed by atoms with van der Waals surface area (Å²) in [5.41, 5.74) is -0.0209. The van der Waals surface area contributed by atoms with E-state index in [9.17, 15) is 13.6 Å². The van der Waals surface area contributed by atoms with Crippen molar-refractivity contribution in [2.45, 2.75) is 12.3 Å². The third kappa shape index (κ3) is 4.48. The van der Waals surface area contributed by atoms with Gasteiger partial charge in [-0.05, 0) is 0 Å². The first-order chi connectivity index (χ1) is 8.06. The largest absolute Gasteiger partial charge is 0.359 e. The zero-order valence-electron chi connectivity index (χ0n) is 9.67. The molecule has 0 fully saturated rings. The maximum atomic E-state index is 13.6. The summed E-state index contributed by atoms with van der Waals surface area (Å²) in [5, 5.41) is 5.01. The Bertz CT molecular complexity index is 355. The number of halogens is 2. The molecule has 0 atom stereocenters. The van der Waals surface area contributed by atoms with Gasteiger partial charge in [-0.25, -0.2) is 0 Å². The van der Waals surface area contributed by atoms with Gasteiger partial charge in [-0.3, -0.25) is 4.79 Å². The van der Waals surface area contributed by atoms with Gasteiger partial charge in [0, 0.05) is 25.6 Å². The molecule has 1 rings (SSSR count). The number of amides is 1. The number of hydrogen-bond acceptors (Lipinski definition) is 2. The molecule has 2 N–H and O–H groups in total. The third-order valence-electron chi connectivity index (χ3n) is 2.35. The first kappa shape index (κ1) is 13.6. The normalized spacial score (nSPS) is 11.2. The van der Waals surface area contributed by atoms with E-state index in [4.69, 9.17) is 0 Å². The monoisotopic (exact) mass is 242 g/mol. The summed E-state index contributed by atoms with van der Waals surface area (Å²) in [5.74, 6) is -3.08. The molecule has 94 valence electrons. The number of carbonyl (C=O) groups is 1. The Labute approximate surface area is 99.2 Å². The van der Waals surface area contributed by atoms with Crippen molar-refractivity contribution in [2.75, 3.05) is 20.1 Å². The molecule has 0 saturated carbocycles. The average molecular weight is 242 g/mol. The van der Waals surface area contributed by atoms with Gasteiger partial charge in [0.15, 0.2) is 0 Å². The summed E-state index contributed by atoms with van der Waals surface area (Å²) in [4.78, 5) is 10.9. The summed E-state index contributed by atoms with van der Waals surface area (Å²) in [6.45, 7) is -0.226. The minimum atomic E-state index is -2.91. The van der Waals surface area contributed by atoms with Gasteiger partial charge in [0.25, 0.3) is 5.92 Å². The van der Waals surface area contributed by atoms with Crippen molar-refractivity contribution >= 4 is 5.91 Å². The lowest BCUT2D eigenvalue weighted by molar-refractivity contribution is -0.120. The van der Waals surface area contributed by atoms with E-state index in [1.165, 1.54) is 19.2 Å². The molecule has 0 aliphatic carbocycles. The lowest BCUT2D eigenvalue weighted by Crippen LogP contribution is -2.33. The van der Waals surface area contributed by atoms with Crippen LogP contribution in [-0.4, -0.2) is 26.0 Å². The number of nitrogens with one attached hydrogen (secondary N) is 2. The number of benzene rings is 1. The van der Waals surface area contributed by atoms with Crippen LogP contribution in [0, 0.1) is 0 Å². The molecule has 17 heavy (non-hydrogen) atoms. The predicted molar refractivity (Wildman–Crippen MR) is 61.9 cm³/mol. The fourth-order valence-electron chi connectivity index (χ4n) is 1.36. The molecule has 1 aromatic rings. The van der Waals surface area contributed by atoms with E-state index in [1.807, 2.05) is 0 Å². The number of rotatable bonds is 6. The zero-order valence-corrected chi connectivity index (χ0v) is 9.67. The summed E-state index contributed by atoms with van der Waals surface area (Å²) >= 11 is 0. The SMILES string of the molecule is CNC(=O)CCNCC(F)(F)c1ccccc1. The molecule has 1 aromatic carbocycles. The molecule has 1 amide bonds. The molecule has 0 aliphatic heterocycles. The van der Waals surface area contributed by atoms with Crippen molar-refractivity contribution in [3.05, 3.63) is 35.9 Å². The van der Waals surface area contributed by atoms with Gasteiger partial charge in [-0.2, -0.15) is 8.78 Å². The van der Waals surface area contributed by atoms with Crippen molar-refractivity contribution in [3.63, 3.8) is 0 Å². The molecule has 0 bridgehead atoms. The highest BCUT2D eigenvalue weighted by Crippen LogP contribution is 2.26. The number of hydrogen-bond donors (Lipinski definition) is 2. The van der Waals surface area contributed by atoms with Gasteiger partial charge in [-0.15, -0.1) is 0 Å². The third-order valence-corrected chi connectivity index (χ3v) is 2.35. The van der Waals surface area contributed by atoms with Crippen molar-refractivity contribution in [1.82, 2.24) is 10.6 Å². The predicted octanol–water partition coefficient (Wildman–Crippen LogP) is 1.50. The first-order valence-corrected chi connectivity index (χ1v) is 5.41. The molecule has 5 heteroatoms. The Morgan fingerprint density at radius 1 is 1.29 bits per heavy atom. The molecule has 3 nitrogen and oxygen atoms in total. The van der Waals surface area contributed by atoms with Crippen molar-refractivity contribution < 1.29 is 13.6 Å². The van der Waals surface area contributed by atoms with Crippen LogP contribution in [0.1, 0.15) is 12.0 Å². The maximum absolute atomic E-state index is 13.6. The molecular formula is C12H16F2N2O. The van der Waals surface area contributed by atoms with Crippen LogP contribution in [0.4, 0.5) is 8.78 Å². The van der Waals surface area contributed by atoms with E-state index in [2.05, 4.69) is 10.6 Å². The van der Waals surface area contributed by atoms with Gasteiger partial charge in [0.2, 0.25) is 5.91 Å². The fourth-order valence-corrected chi connectivity index (χ4v) is 1.36. The Morgan fingerprint density at radius 3 is 2.53 bits per heavy atom. The van der Waals surface area contributed by atoms with Crippen LogP contribution in [-0.2, 0) is 10.7 Å². The van der Waals surface area contributed by atoms with E-state index in [0.717, 1.165) is 0 Å². The van der Waals surface area contributed by atoms with Gasteiger partial charge in [0.1, 0.15) is 0 Å². The second kappa shape index (κ2) is 6.30. The summed E-state index contributed by atoms with van der Waals surface area (Å²) in [7, 11) is 1.51. The van der Waals surface area contributed by atoms with Crippen LogP contribution in [0.15, 0.2) is 30.3 Å². The molecule has 0 unspecified atom stereocenters. The quantitative estimate of drug-likeness (QED) is 0.742. The van der Waals surface area contributed by atoms with Gasteiger partial charge < -0.3 is 10.6 Å². The lowest BCUT2D eigenvalue weighted by atomic mass is 10.1. The Hall–Kier alpha value is -1.49. The van der Waals surface area contributed by atoms with Crippen LogP contribution < -0.4 is 10.6 Å².